The molecule has 1 heterocycles. The van der Waals surface area contributed by atoms with Crippen LogP contribution in [0.3, 0.4) is 0 Å². The van der Waals surface area contributed by atoms with Crippen molar-refractivity contribution < 1.29 is 9.53 Å². The first-order chi connectivity index (χ1) is 13.7. The minimum atomic E-state index is 0.0708. The topological polar surface area (TPSA) is 69.0 Å². The van der Waals surface area contributed by atoms with E-state index < -0.39 is 0 Å². The number of hydrogen-bond acceptors (Lipinski definition) is 5. The summed E-state index contributed by atoms with van der Waals surface area (Å²) in [7, 11) is 0. The van der Waals surface area contributed by atoms with E-state index in [1.165, 1.54) is 37.4 Å². The van der Waals surface area contributed by atoms with E-state index in [0.29, 0.717) is 23.4 Å². The zero-order chi connectivity index (χ0) is 19.8. The molecule has 6 nitrogen and oxygen atoms in total. The van der Waals surface area contributed by atoms with Gasteiger partial charge in [-0.15, -0.1) is 10.2 Å². The summed E-state index contributed by atoms with van der Waals surface area (Å²) in [5.74, 6) is 1.89. The summed E-state index contributed by atoms with van der Waals surface area (Å²) in [4.78, 5) is 12.3. The molecule has 1 aliphatic carbocycles. The second kappa shape index (κ2) is 10.7. The Hall–Kier alpha value is -1.73. The molecule has 8 heteroatoms. The predicted molar refractivity (Wildman–Crippen MR) is 112 cm³/mol. The van der Waals surface area contributed by atoms with Crippen LogP contribution < -0.4 is 10.1 Å². The molecule has 0 radical (unpaired) electrons. The van der Waals surface area contributed by atoms with Gasteiger partial charge in [-0.3, -0.25) is 4.79 Å². The minimum Gasteiger partial charge on any atom is -0.486 e. The van der Waals surface area contributed by atoms with Crippen molar-refractivity contribution in [2.45, 2.75) is 69.8 Å². The third-order valence-corrected chi connectivity index (χ3v) is 6.06. The molecule has 1 aromatic carbocycles. The van der Waals surface area contributed by atoms with Crippen LogP contribution in [0.15, 0.2) is 29.4 Å². The SMILES string of the molecule is CCn1c(COc2ccc(Cl)cc2)nnc1SCC(=O)NC1CCCCCC1. The van der Waals surface area contributed by atoms with Crippen molar-refractivity contribution in [3.05, 3.63) is 35.1 Å². The Kier molecular flexibility index (Phi) is 8.03. The summed E-state index contributed by atoms with van der Waals surface area (Å²) >= 11 is 7.31. The van der Waals surface area contributed by atoms with Crippen molar-refractivity contribution in [1.82, 2.24) is 20.1 Å². The fourth-order valence-electron chi connectivity index (χ4n) is 3.35. The first-order valence-corrected chi connectivity index (χ1v) is 11.2. The monoisotopic (exact) mass is 422 g/mol. The Balaban J connectivity index is 1.51. The van der Waals surface area contributed by atoms with Crippen LogP contribution in [0.2, 0.25) is 5.02 Å². The van der Waals surface area contributed by atoms with Crippen molar-refractivity contribution in [1.29, 1.82) is 0 Å². The van der Waals surface area contributed by atoms with E-state index in [1.807, 2.05) is 23.6 Å². The average Bonchev–Trinajstić information content (AvgIpc) is 2.91. The molecule has 0 spiro atoms. The van der Waals surface area contributed by atoms with Gasteiger partial charge in [0.05, 0.1) is 5.75 Å². The maximum Gasteiger partial charge on any atom is 0.230 e. The van der Waals surface area contributed by atoms with Crippen molar-refractivity contribution in [3.63, 3.8) is 0 Å². The van der Waals surface area contributed by atoms with E-state index in [9.17, 15) is 4.79 Å². The molecule has 152 valence electrons. The molecule has 28 heavy (non-hydrogen) atoms. The summed E-state index contributed by atoms with van der Waals surface area (Å²) < 4.78 is 7.76. The zero-order valence-corrected chi connectivity index (χ0v) is 17.8. The van der Waals surface area contributed by atoms with Gasteiger partial charge < -0.3 is 14.6 Å². The number of thioether (sulfide) groups is 1. The molecule has 1 aliphatic rings. The lowest BCUT2D eigenvalue weighted by Crippen LogP contribution is -2.35. The number of rotatable bonds is 8. The highest BCUT2D eigenvalue weighted by Crippen LogP contribution is 2.21. The molecule has 2 aromatic rings. The van der Waals surface area contributed by atoms with Gasteiger partial charge in [-0.25, -0.2) is 0 Å². The van der Waals surface area contributed by atoms with E-state index in [4.69, 9.17) is 16.3 Å². The predicted octanol–water partition coefficient (Wildman–Crippen LogP) is 4.46. The number of aromatic nitrogens is 3. The second-order valence-electron chi connectivity index (χ2n) is 6.93. The van der Waals surface area contributed by atoms with Crippen molar-refractivity contribution >= 4 is 29.3 Å². The van der Waals surface area contributed by atoms with Crippen LogP contribution in [0.1, 0.15) is 51.3 Å². The standard InChI is InChI=1S/C20H27ClN4O2S/c1-2-25-18(13-27-17-11-9-15(21)10-12-17)23-24-20(25)28-14-19(26)22-16-7-5-3-4-6-8-16/h9-12,16H,2-8,13-14H2,1H3,(H,22,26). The maximum absolute atomic E-state index is 12.3. The molecule has 0 saturated heterocycles. The fourth-order valence-corrected chi connectivity index (χ4v) is 4.31. The smallest absolute Gasteiger partial charge is 0.230 e. The zero-order valence-electron chi connectivity index (χ0n) is 16.2. The molecule has 1 fully saturated rings. The van der Waals surface area contributed by atoms with Crippen LogP contribution >= 0.6 is 23.4 Å². The van der Waals surface area contributed by atoms with Gasteiger partial charge in [-0.1, -0.05) is 49.0 Å². The summed E-state index contributed by atoms with van der Waals surface area (Å²) in [6.45, 7) is 3.07. The van der Waals surface area contributed by atoms with Gasteiger partial charge in [0.2, 0.25) is 5.91 Å². The van der Waals surface area contributed by atoms with E-state index >= 15 is 0 Å². The number of amides is 1. The molecule has 0 unspecified atom stereocenters. The van der Waals surface area contributed by atoms with E-state index in [-0.39, 0.29) is 5.91 Å². The fraction of sp³-hybridized carbons (Fsp3) is 0.550. The molecule has 3 rings (SSSR count). The first kappa shape index (κ1) is 21.0. The Morgan fingerprint density at radius 2 is 1.93 bits per heavy atom. The number of halogens is 1. The summed E-state index contributed by atoms with van der Waals surface area (Å²) in [5.41, 5.74) is 0. The van der Waals surface area contributed by atoms with E-state index in [2.05, 4.69) is 15.5 Å². The van der Waals surface area contributed by atoms with Gasteiger partial charge in [0.1, 0.15) is 12.4 Å². The lowest BCUT2D eigenvalue weighted by Gasteiger charge is -2.16. The molecular weight excluding hydrogens is 396 g/mol. The highest BCUT2D eigenvalue weighted by Gasteiger charge is 2.17. The molecular formula is C20H27ClN4O2S. The Labute approximate surface area is 175 Å². The number of carbonyl (C=O) groups is 1. The van der Waals surface area contributed by atoms with Gasteiger partial charge >= 0.3 is 0 Å². The van der Waals surface area contributed by atoms with Gasteiger partial charge in [0.15, 0.2) is 11.0 Å². The average molecular weight is 423 g/mol. The molecule has 1 amide bonds. The summed E-state index contributed by atoms with van der Waals surface area (Å²) in [6.07, 6.45) is 7.16. The largest absolute Gasteiger partial charge is 0.486 e. The number of nitrogens with one attached hydrogen (secondary N) is 1. The van der Waals surface area contributed by atoms with Crippen LogP contribution in [0.25, 0.3) is 0 Å². The van der Waals surface area contributed by atoms with Crippen molar-refractivity contribution in [2.75, 3.05) is 5.75 Å². The first-order valence-electron chi connectivity index (χ1n) is 9.88. The maximum atomic E-state index is 12.3. The molecule has 1 N–H and O–H groups in total. The molecule has 0 atom stereocenters. The molecule has 0 bridgehead atoms. The lowest BCUT2D eigenvalue weighted by atomic mass is 10.1. The van der Waals surface area contributed by atoms with E-state index in [1.54, 1.807) is 12.1 Å². The van der Waals surface area contributed by atoms with Crippen LogP contribution in [-0.2, 0) is 17.9 Å². The Bertz CT molecular complexity index is 758. The number of nitrogens with zero attached hydrogens (tertiary/aromatic N) is 3. The van der Waals surface area contributed by atoms with Crippen LogP contribution in [-0.4, -0.2) is 32.5 Å². The Morgan fingerprint density at radius 1 is 1.21 bits per heavy atom. The number of hydrogen-bond donors (Lipinski definition) is 1. The quantitative estimate of drug-likeness (QED) is 0.502. The van der Waals surface area contributed by atoms with Crippen molar-refractivity contribution in [3.8, 4) is 5.75 Å². The summed E-state index contributed by atoms with van der Waals surface area (Å²) in [6, 6.07) is 7.54. The van der Waals surface area contributed by atoms with Gasteiger partial charge in [0, 0.05) is 17.6 Å². The molecule has 0 aliphatic heterocycles. The Morgan fingerprint density at radius 3 is 2.61 bits per heavy atom. The lowest BCUT2D eigenvalue weighted by molar-refractivity contribution is -0.119. The van der Waals surface area contributed by atoms with E-state index in [0.717, 1.165) is 36.1 Å². The van der Waals surface area contributed by atoms with Crippen LogP contribution in [0, 0.1) is 0 Å². The molecule has 1 saturated carbocycles. The minimum absolute atomic E-state index is 0.0708. The van der Waals surface area contributed by atoms with Gasteiger partial charge in [-0.2, -0.15) is 0 Å². The highest BCUT2D eigenvalue weighted by molar-refractivity contribution is 7.99. The number of carbonyl (C=O) groups excluding carboxylic acids is 1. The van der Waals surface area contributed by atoms with Gasteiger partial charge in [0.25, 0.3) is 0 Å². The third kappa shape index (κ3) is 6.14. The number of ether oxygens (including phenoxy) is 1. The van der Waals surface area contributed by atoms with Gasteiger partial charge in [-0.05, 0) is 44.0 Å². The van der Waals surface area contributed by atoms with Crippen molar-refractivity contribution in [2.24, 2.45) is 0 Å². The third-order valence-electron chi connectivity index (χ3n) is 4.84. The van der Waals surface area contributed by atoms with Crippen LogP contribution in [0.4, 0.5) is 0 Å². The second-order valence-corrected chi connectivity index (χ2v) is 8.31. The molecule has 1 aromatic heterocycles. The van der Waals surface area contributed by atoms with Crippen LogP contribution in [0.5, 0.6) is 5.75 Å². The number of benzene rings is 1. The summed E-state index contributed by atoms with van der Waals surface area (Å²) in [5, 5.41) is 13.1. The highest BCUT2D eigenvalue weighted by atomic mass is 35.5. The normalized spacial score (nSPS) is 15.2.